The molecule has 188 valence electrons. The molecule has 0 saturated carbocycles. The zero-order valence-corrected chi connectivity index (χ0v) is 20.0. The minimum atomic E-state index is -0.928. The number of rotatable bonds is 8. The minimum absolute atomic E-state index is 0. The smallest absolute Gasteiger partial charge is 0.258 e. The quantitative estimate of drug-likeness (QED) is 0.388. The van der Waals surface area contributed by atoms with Crippen LogP contribution in [0.15, 0.2) is 35.6 Å². The number of nitrogens with zero attached hydrogens (tertiary/aromatic N) is 2. The van der Waals surface area contributed by atoms with E-state index in [-0.39, 0.29) is 29.2 Å². The number of H-pyrrole nitrogens is 1. The lowest BCUT2D eigenvalue weighted by atomic mass is 9.92. The number of nitrogens with one attached hydrogen (secondary N) is 3. The topological polar surface area (TPSA) is 148 Å². The molecular formula is C25H33N5O5. The fraction of sp³-hybridized carbons (Fsp3) is 0.440. The number of ether oxygens (including phenoxy) is 1. The second kappa shape index (κ2) is 11.7. The van der Waals surface area contributed by atoms with Gasteiger partial charge >= 0.3 is 0 Å². The Balaban J connectivity index is 0.00000342. The Bertz CT molecular complexity index is 1120. The van der Waals surface area contributed by atoms with E-state index in [9.17, 15) is 14.4 Å². The lowest BCUT2D eigenvalue weighted by Crippen LogP contribution is -2.38. The maximum absolute atomic E-state index is 13.1. The first-order valence-electron chi connectivity index (χ1n) is 11.9. The van der Waals surface area contributed by atoms with Gasteiger partial charge in [0.25, 0.3) is 5.56 Å². The number of aromatic amines is 1. The average Bonchev–Trinajstić information content (AvgIpc) is 2.84. The highest BCUT2D eigenvalue weighted by Gasteiger charge is 2.35. The molecule has 5 N–H and O–H groups in total. The van der Waals surface area contributed by atoms with Gasteiger partial charge in [-0.25, -0.2) is 0 Å². The van der Waals surface area contributed by atoms with Crippen molar-refractivity contribution in [2.75, 3.05) is 35.2 Å². The van der Waals surface area contributed by atoms with E-state index in [1.807, 2.05) is 17.0 Å². The van der Waals surface area contributed by atoms with Gasteiger partial charge in [-0.3, -0.25) is 19.4 Å². The van der Waals surface area contributed by atoms with Crippen molar-refractivity contribution in [3.63, 3.8) is 0 Å². The van der Waals surface area contributed by atoms with Gasteiger partial charge in [0.1, 0.15) is 11.6 Å². The zero-order valence-electron chi connectivity index (χ0n) is 20.0. The number of unbranched alkanes of at least 4 members (excludes halogenated alkanes) is 1. The van der Waals surface area contributed by atoms with E-state index in [1.165, 1.54) is 0 Å². The molecule has 0 aliphatic carbocycles. The summed E-state index contributed by atoms with van der Waals surface area (Å²) in [4.78, 5) is 47.7. The van der Waals surface area contributed by atoms with Crippen LogP contribution in [-0.2, 0) is 14.3 Å². The lowest BCUT2D eigenvalue weighted by molar-refractivity contribution is -0.123. The van der Waals surface area contributed by atoms with Crippen molar-refractivity contribution >= 4 is 35.0 Å². The number of carbonyl (C=O) groups excluding carboxylic acids is 2. The highest BCUT2D eigenvalue weighted by Crippen LogP contribution is 2.31. The van der Waals surface area contributed by atoms with Crippen LogP contribution in [0.25, 0.3) is 5.76 Å². The summed E-state index contributed by atoms with van der Waals surface area (Å²) in [5, 5.41) is 5.49. The molecule has 0 spiro atoms. The zero-order chi connectivity index (χ0) is 24.1. The molecule has 10 nitrogen and oxygen atoms in total. The summed E-state index contributed by atoms with van der Waals surface area (Å²) in [6.07, 6.45) is 5.07. The summed E-state index contributed by atoms with van der Waals surface area (Å²) >= 11 is 0. The Kier molecular flexibility index (Phi) is 8.64. The fourth-order valence-corrected chi connectivity index (χ4v) is 4.23. The van der Waals surface area contributed by atoms with E-state index in [1.54, 1.807) is 12.1 Å². The van der Waals surface area contributed by atoms with E-state index in [4.69, 9.17) is 4.74 Å². The van der Waals surface area contributed by atoms with Crippen LogP contribution >= 0.6 is 0 Å². The molecule has 0 bridgehead atoms. The van der Waals surface area contributed by atoms with Gasteiger partial charge in [0.05, 0.1) is 18.1 Å². The summed E-state index contributed by atoms with van der Waals surface area (Å²) in [7, 11) is 0. The largest absolute Gasteiger partial charge is 0.494 e. The normalized spacial score (nSPS) is 17.0. The molecule has 2 amide bonds. The molecule has 10 heteroatoms. The van der Waals surface area contributed by atoms with Crippen molar-refractivity contribution in [1.82, 2.24) is 9.97 Å². The molecule has 1 saturated heterocycles. The predicted molar refractivity (Wildman–Crippen MR) is 135 cm³/mol. The van der Waals surface area contributed by atoms with Crippen LogP contribution in [0.4, 0.5) is 17.5 Å². The Morgan fingerprint density at radius 3 is 2.60 bits per heavy atom. The molecule has 1 atom stereocenters. The summed E-state index contributed by atoms with van der Waals surface area (Å²) in [6.45, 7) is 8.24. The average molecular weight is 484 g/mol. The number of aromatic nitrogens is 2. The first-order valence-corrected chi connectivity index (χ1v) is 11.9. The molecule has 2 aliphatic rings. The number of anilines is 3. The number of carbonyl (C=O) groups is 2. The van der Waals surface area contributed by atoms with Crippen molar-refractivity contribution in [2.24, 2.45) is 0 Å². The van der Waals surface area contributed by atoms with Crippen LogP contribution in [0, 0.1) is 0 Å². The first-order chi connectivity index (χ1) is 16.5. The highest BCUT2D eigenvalue weighted by molar-refractivity contribution is 6.04. The van der Waals surface area contributed by atoms with Crippen LogP contribution in [0.1, 0.15) is 62.5 Å². The van der Waals surface area contributed by atoms with Crippen LogP contribution in [0.2, 0.25) is 0 Å². The SMILES string of the molecule is C=C(OCCCC)c1ccc(NC(=O)C2CC(=O)Nc3nc(N4CCCCC4)[nH]c(=O)c32)cc1.O. The van der Waals surface area contributed by atoms with Gasteiger partial charge in [-0.05, 0) is 49.9 Å². The summed E-state index contributed by atoms with van der Waals surface area (Å²) in [5.41, 5.74) is 1.16. The van der Waals surface area contributed by atoms with Gasteiger partial charge in [-0.2, -0.15) is 4.98 Å². The second-order valence-corrected chi connectivity index (χ2v) is 8.70. The Morgan fingerprint density at radius 2 is 1.91 bits per heavy atom. The van der Waals surface area contributed by atoms with Crippen LogP contribution < -0.4 is 21.1 Å². The van der Waals surface area contributed by atoms with E-state index in [0.717, 1.165) is 50.8 Å². The van der Waals surface area contributed by atoms with Crippen molar-refractivity contribution in [2.45, 2.75) is 51.4 Å². The number of benzene rings is 1. The maximum Gasteiger partial charge on any atom is 0.258 e. The minimum Gasteiger partial charge on any atom is -0.494 e. The molecule has 3 heterocycles. The Hall–Kier alpha value is -3.66. The van der Waals surface area contributed by atoms with Gasteiger partial charge in [-0.1, -0.05) is 19.9 Å². The molecule has 1 aromatic heterocycles. The molecule has 2 aliphatic heterocycles. The molecule has 1 aromatic carbocycles. The third-order valence-electron chi connectivity index (χ3n) is 6.16. The maximum atomic E-state index is 13.1. The van der Waals surface area contributed by atoms with E-state index < -0.39 is 17.4 Å². The summed E-state index contributed by atoms with van der Waals surface area (Å²) in [6, 6.07) is 7.11. The van der Waals surface area contributed by atoms with Crippen LogP contribution in [0.5, 0.6) is 0 Å². The van der Waals surface area contributed by atoms with Crippen molar-refractivity contribution < 1.29 is 19.8 Å². The third kappa shape index (κ3) is 6.07. The number of amides is 2. The fourth-order valence-electron chi connectivity index (χ4n) is 4.23. The van der Waals surface area contributed by atoms with Crippen molar-refractivity contribution in [1.29, 1.82) is 0 Å². The first kappa shape index (κ1) is 26.0. The predicted octanol–water partition coefficient (Wildman–Crippen LogP) is 2.79. The standard InChI is InChI=1S/C25H31N5O4.H2O/c1-3-4-14-34-16(2)17-8-10-18(11-9-17)26-23(32)19-15-20(31)27-22-21(19)24(33)29-25(28-22)30-12-6-5-7-13-30;/h8-11,19H,2-7,12-15H2,1H3,(H,26,32)(H2,27,28,29,31,33);1H2. The summed E-state index contributed by atoms with van der Waals surface area (Å²) < 4.78 is 5.63. The van der Waals surface area contributed by atoms with Gasteiger partial charge < -0.3 is 25.7 Å². The molecule has 0 radical (unpaired) electrons. The number of hydrogen-bond acceptors (Lipinski definition) is 6. The number of piperidine rings is 1. The van der Waals surface area contributed by atoms with Gasteiger partial charge in [0.15, 0.2) is 0 Å². The van der Waals surface area contributed by atoms with Crippen molar-refractivity contribution in [3.8, 4) is 0 Å². The highest BCUT2D eigenvalue weighted by atomic mass is 16.5. The van der Waals surface area contributed by atoms with Crippen molar-refractivity contribution in [3.05, 3.63) is 52.3 Å². The third-order valence-corrected chi connectivity index (χ3v) is 6.16. The monoisotopic (exact) mass is 483 g/mol. The van der Waals surface area contributed by atoms with E-state index >= 15 is 0 Å². The van der Waals surface area contributed by atoms with E-state index in [0.29, 0.717) is 24.0 Å². The van der Waals surface area contributed by atoms with Gasteiger partial charge in [0.2, 0.25) is 17.8 Å². The van der Waals surface area contributed by atoms with E-state index in [2.05, 4.69) is 34.1 Å². The molecule has 1 fully saturated rings. The molecule has 1 unspecified atom stereocenters. The van der Waals surface area contributed by atoms with Gasteiger partial charge in [0, 0.05) is 30.8 Å². The van der Waals surface area contributed by atoms with Gasteiger partial charge in [-0.15, -0.1) is 0 Å². The second-order valence-electron chi connectivity index (χ2n) is 8.70. The molecule has 35 heavy (non-hydrogen) atoms. The molecular weight excluding hydrogens is 450 g/mol. The number of fused-ring (bicyclic) bond motifs is 1. The summed E-state index contributed by atoms with van der Waals surface area (Å²) in [5.74, 6) is -0.529. The van der Waals surface area contributed by atoms with Crippen LogP contribution in [0.3, 0.4) is 0 Å². The lowest BCUT2D eigenvalue weighted by Gasteiger charge is -2.29. The Labute approximate surface area is 204 Å². The molecule has 4 rings (SSSR count). The van der Waals surface area contributed by atoms with Crippen LogP contribution in [-0.4, -0.2) is 47.0 Å². The number of hydrogen-bond donors (Lipinski definition) is 3. The Morgan fingerprint density at radius 1 is 1.20 bits per heavy atom. The molecule has 2 aromatic rings.